The van der Waals surface area contributed by atoms with Crippen molar-refractivity contribution in [2.75, 3.05) is 6.54 Å². The van der Waals surface area contributed by atoms with Crippen LogP contribution < -0.4 is 16.4 Å². The van der Waals surface area contributed by atoms with Gasteiger partial charge in [-0.2, -0.15) is 0 Å². The molecule has 0 aromatic heterocycles. The molecule has 0 atom stereocenters. The minimum atomic E-state index is -0.0463. The number of urea groups is 1. The van der Waals surface area contributed by atoms with Crippen molar-refractivity contribution in [1.29, 1.82) is 0 Å². The van der Waals surface area contributed by atoms with Crippen LogP contribution in [-0.4, -0.2) is 23.6 Å². The van der Waals surface area contributed by atoms with Crippen LogP contribution in [0.15, 0.2) is 0 Å². The van der Waals surface area contributed by atoms with E-state index in [1.807, 2.05) is 0 Å². The van der Waals surface area contributed by atoms with Crippen molar-refractivity contribution in [3.8, 4) is 0 Å². The molecule has 4 N–H and O–H groups in total. The highest BCUT2D eigenvalue weighted by Crippen LogP contribution is 2.17. The molecule has 0 spiro atoms. The Balaban J connectivity index is 1.90. The largest absolute Gasteiger partial charge is 0.393 e. The third kappa shape index (κ3) is 5.57. The molecule has 0 heterocycles. The summed E-state index contributed by atoms with van der Waals surface area (Å²) in [5, 5.41) is 5.74. The zero-order valence-electron chi connectivity index (χ0n) is 8.92. The van der Waals surface area contributed by atoms with Gasteiger partial charge in [0.25, 0.3) is 0 Å². The first-order valence-corrected chi connectivity index (χ1v) is 5.92. The normalized spacial score (nSPS) is 15.5. The zero-order chi connectivity index (χ0) is 11.1. The minimum Gasteiger partial charge on any atom is -0.393 e. The SMILES string of the molecule is NC(=S)CCCCNC(=O)NC1CCC1. The Morgan fingerprint density at radius 3 is 2.67 bits per heavy atom. The highest BCUT2D eigenvalue weighted by molar-refractivity contribution is 7.80. The fourth-order valence-electron chi connectivity index (χ4n) is 1.42. The van der Waals surface area contributed by atoms with Gasteiger partial charge < -0.3 is 16.4 Å². The minimum absolute atomic E-state index is 0.0463. The van der Waals surface area contributed by atoms with E-state index in [2.05, 4.69) is 10.6 Å². The molecule has 1 aliphatic carbocycles. The summed E-state index contributed by atoms with van der Waals surface area (Å²) in [5.41, 5.74) is 5.36. The second-order valence-electron chi connectivity index (χ2n) is 3.95. The second-order valence-corrected chi connectivity index (χ2v) is 4.48. The maximum atomic E-state index is 11.3. The zero-order valence-corrected chi connectivity index (χ0v) is 9.74. The standard InChI is InChI=1S/C10H19N3OS/c11-9(15)6-1-2-7-12-10(14)13-8-4-3-5-8/h8H,1-7H2,(H2,11,15)(H2,12,13,14). The second kappa shape index (κ2) is 6.61. The van der Waals surface area contributed by atoms with Gasteiger partial charge in [-0.3, -0.25) is 0 Å². The fraction of sp³-hybridized carbons (Fsp3) is 0.800. The lowest BCUT2D eigenvalue weighted by molar-refractivity contribution is 0.228. The van der Waals surface area contributed by atoms with Crippen LogP contribution in [-0.2, 0) is 0 Å². The summed E-state index contributed by atoms with van der Waals surface area (Å²) in [4.78, 5) is 11.8. The van der Waals surface area contributed by atoms with E-state index in [0.29, 0.717) is 17.6 Å². The van der Waals surface area contributed by atoms with E-state index in [0.717, 1.165) is 32.1 Å². The van der Waals surface area contributed by atoms with Crippen LogP contribution in [0.4, 0.5) is 4.79 Å². The molecule has 5 heteroatoms. The van der Waals surface area contributed by atoms with Crippen LogP contribution in [0.5, 0.6) is 0 Å². The lowest BCUT2D eigenvalue weighted by Crippen LogP contribution is -2.45. The van der Waals surface area contributed by atoms with Gasteiger partial charge in [0.1, 0.15) is 0 Å². The van der Waals surface area contributed by atoms with Crippen LogP contribution in [0.1, 0.15) is 38.5 Å². The molecule has 4 nitrogen and oxygen atoms in total. The highest BCUT2D eigenvalue weighted by atomic mass is 32.1. The number of carbonyl (C=O) groups is 1. The Kier molecular flexibility index (Phi) is 5.39. The van der Waals surface area contributed by atoms with Gasteiger partial charge in [-0.15, -0.1) is 0 Å². The number of unbranched alkanes of at least 4 members (excludes halogenated alkanes) is 1. The van der Waals surface area contributed by atoms with E-state index >= 15 is 0 Å². The van der Waals surface area contributed by atoms with Crippen molar-refractivity contribution in [3.63, 3.8) is 0 Å². The molecule has 0 bridgehead atoms. The van der Waals surface area contributed by atoms with Gasteiger partial charge in [0.05, 0.1) is 4.99 Å². The van der Waals surface area contributed by atoms with E-state index in [1.165, 1.54) is 6.42 Å². The van der Waals surface area contributed by atoms with Gasteiger partial charge in [0.15, 0.2) is 0 Å². The summed E-state index contributed by atoms with van der Waals surface area (Å²) < 4.78 is 0. The van der Waals surface area contributed by atoms with Crippen LogP contribution in [0.2, 0.25) is 0 Å². The Labute approximate surface area is 96.0 Å². The van der Waals surface area contributed by atoms with Crippen molar-refractivity contribution in [1.82, 2.24) is 10.6 Å². The maximum absolute atomic E-state index is 11.3. The molecule has 0 radical (unpaired) electrons. The van der Waals surface area contributed by atoms with Gasteiger partial charge in [-0.25, -0.2) is 4.79 Å². The highest BCUT2D eigenvalue weighted by Gasteiger charge is 2.18. The molecule has 0 unspecified atom stereocenters. The van der Waals surface area contributed by atoms with E-state index in [4.69, 9.17) is 18.0 Å². The Bertz CT molecular complexity index is 229. The van der Waals surface area contributed by atoms with Crippen molar-refractivity contribution in [2.45, 2.75) is 44.6 Å². The predicted molar refractivity (Wildman–Crippen MR) is 64.8 cm³/mol. The Morgan fingerprint density at radius 1 is 1.40 bits per heavy atom. The van der Waals surface area contributed by atoms with E-state index in [1.54, 1.807) is 0 Å². The van der Waals surface area contributed by atoms with Gasteiger partial charge >= 0.3 is 6.03 Å². The summed E-state index contributed by atoms with van der Waals surface area (Å²) in [6, 6.07) is 0.358. The predicted octanol–water partition coefficient (Wildman–Crippen LogP) is 1.29. The lowest BCUT2D eigenvalue weighted by Gasteiger charge is -2.26. The maximum Gasteiger partial charge on any atom is 0.315 e. The number of hydrogen-bond donors (Lipinski definition) is 3. The van der Waals surface area contributed by atoms with Gasteiger partial charge in [-0.1, -0.05) is 12.2 Å². The quantitative estimate of drug-likeness (QED) is 0.475. The first-order chi connectivity index (χ1) is 7.18. The summed E-state index contributed by atoms with van der Waals surface area (Å²) >= 11 is 4.76. The van der Waals surface area contributed by atoms with Crippen LogP contribution in [0.25, 0.3) is 0 Å². The number of thiocarbonyl (C=S) groups is 1. The summed E-state index contributed by atoms with van der Waals surface area (Å²) in [6.45, 7) is 0.696. The topological polar surface area (TPSA) is 67.1 Å². The van der Waals surface area contributed by atoms with Crippen LogP contribution in [0, 0.1) is 0 Å². The Morgan fingerprint density at radius 2 is 2.13 bits per heavy atom. The number of nitrogens with one attached hydrogen (secondary N) is 2. The van der Waals surface area contributed by atoms with Gasteiger partial charge in [-0.05, 0) is 38.5 Å². The molecule has 0 saturated heterocycles. The molecular formula is C10H19N3OS. The van der Waals surface area contributed by atoms with E-state index in [-0.39, 0.29) is 6.03 Å². The molecule has 1 aliphatic rings. The molecule has 0 aromatic rings. The van der Waals surface area contributed by atoms with Crippen molar-refractivity contribution in [2.24, 2.45) is 5.73 Å². The number of nitrogens with two attached hydrogens (primary N) is 1. The third-order valence-corrected chi connectivity index (χ3v) is 2.78. The lowest BCUT2D eigenvalue weighted by atomic mass is 9.93. The molecule has 1 rings (SSSR count). The smallest absolute Gasteiger partial charge is 0.315 e. The summed E-state index contributed by atoms with van der Waals surface area (Å²) in [6.07, 6.45) is 6.11. The van der Waals surface area contributed by atoms with Crippen molar-refractivity contribution >= 4 is 23.2 Å². The number of amides is 2. The molecule has 0 aromatic carbocycles. The van der Waals surface area contributed by atoms with Crippen molar-refractivity contribution < 1.29 is 4.79 Å². The Hall–Kier alpha value is -0.840. The summed E-state index contributed by atoms with van der Waals surface area (Å²) in [5.74, 6) is 0. The number of rotatable bonds is 6. The molecule has 1 fully saturated rings. The van der Waals surface area contributed by atoms with Crippen LogP contribution >= 0.6 is 12.2 Å². The average Bonchev–Trinajstić information content (AvgIpc) is 2.10. The molecular weight excluding hydrogens is 210 g/mol. The molecule has 1 saturated carbocycles. The first kappa shape index (κ1) is 12.2. The van der Waals surface area contributed by atoms with Gasteiger partial charge in [0, 0.05) is 12.6 Å². The third-order valence-electron chi connectivity index (χ3n) is 2.58. The fourth-order valence-corrected chi connectivity index (χ4v) is 1.56. The molecule has 86 valence electrons. The molecule has 2 amide bonds. The van der Waals surface area contributed by atoms with E-state index < -0.39 is 0 Å². The monoisotopic (exact) mass is 229 g/mol. The van der Waals surface area contributed by atoms with Crippen molar-refractivity contribution in [3.05, 3.63) is 0 Å². The average molecular weight is 229 g/mol. The summed E-state index contributed by atoms with van der Waals surface area (Å²) in [7, 11) is 0. The molecule has 15 heavy (non-hydrogen) atoms. The van der Waals surface area contributed by atoms with E-state index in [9.17, 15) is 4.79 Å². The van der Waals surface area contributed by atoms with Gasteiger partial charge in [0.2, 0.25) is 0 Å². The number of hydrogen-bond acceptors (Lipinski definition) is 2. The number of carbonyl (C=O) groups excluding carboxylic acids is 1. The first-order valence-electron chi connectivity index (χ1n) is 5.51. The van der Waals surface area contributed by atoms with Crippen LogP contribution in [0.3, 0.4) is 0 Å². The molecule has 0 aliphatic heterocycles.